The number of hydrogen-bond acceptors (Lipinski definition) is 7. The number of benzene rings is 2. The third kappa shape index (κ3) is 3.34. The van der Waals surface area contributed by atoms with Crippen LogP contribution in [0.3, 0.4) is 0 Å². The number of anilines is 3. The molecule has 0 amide bonds. The molecule has 0 radical (unpaired) electrons. The maximum Gasteiger partial charge on any atom is 0.248 e. The minimum absolute atomic E-state index is 0.0126. The lowest BCUT2D eigenvalue weighted by Gasteiger charge is -2.13. The molecule has 0 aliphatic carbocycles. The molecule has 144 valence electrons. The first-order valence-corrected chi connectivity index (χ1v) is 8.70. The summed E-state index contributed by atoms with van der Waals surface area (Å²) in [5.74, 6) is 2.10. The standard InChI is InChI=1S/C19H16ClFN4O3/c1-26-11-6-15(27-2)12-8-22-17-18(23-9-24-19(17)28-16(12)7-11)25-10-3-4-14(21)13(20)5-10/h3-7,9,22H,8H2,1-2H3,(H,23,24,25). The van der Waals surface area contributed by atoms with Gasteiger partial charge in [0.15, 0.2) is 5.82 Å². The first-order chi connectivity index (χ1) is 13.6. The number of nitrogens with one attached hydrogen (secondary N) is 2. The Labute approximate surface area is 165 Å². The summed E-state index contributed by atoms with van der Waals surface area (Å²) in [7, 11) is 3.15. The number of ether oxygens (including phenoxy) is 3. The van der Waals surface area contributed by atoms with Gasteiger partial charge in [-0.15, -0.1) is 0 Å². The van der Waals surface area contributed by atoms with E-state index in [4.69, 9.17) is 25.8 Å². The summed E-state index contributed by atoms with van der Waals surface area (Å²) >= 11 is 5.86. The average Bonchev–Trinajstić information content (AvgIpc) is 2.89. The van der Waals surface area contributed by atoms with Crippen molar-refractivity contribution >= 4 is 28.8 Å². The van der Waals surface area contributed by atoms with E-state index in [0.29, 0.717) is 46.9 Å². The molecule has 28 heavy (non-hydrogen) atoms. The van der Waals surface area contributed by atoms with E-state index in [-0.39, 0.29) is 5.02 Å². The van der Waals surface area contributed by atoms with E-state index in [9.17, 15) is 4.39 Å². The van der Waals surface area contributed by atoms with E-state index in [1.165, 1.54) is 18.5 Å². The molecule has 1 aliphatic rings. The van der Waals surface area contributed by atoms with Crippen molar-refractivity contribution in [3.05, 3.63) is 53.1 Å². The van der Waals surface area contributed by atoms with Crippen LogP contribution >= 0.6 is 11.6 Å². The van der Waals surface area contributed by atoms with Crippen molar-refractivity contribution in [2.24, 2.45) is 0 Å². The van der Waals surface area contributed by atoms with E-state index < -0.39 is 5.82 Å². The molecule has 1 aliphatic heterocycles. The summed E-state index contributed by atoms with van der Waals surface area (Å²) in [4.78, 5) is 8.48. The molecule has 0 saturated heterocycles. The van der Waals surface area contributed by atoms with Crippen LogP contribution in [0.4, 0.5) is 21.6 Å². The summed E-state index contributed by atoms with van der Waals surface area (Å²) < 4.78 is 30.2. The van der Waals surface area contributed by atoms with Gasteiger partial charge in [0, 0.05) is 24.4 Å². The molecule has 1 aromatic heterocycles. The van der Waals surface area contributed by atoms with Gasteiger partial charge in [0.25, 0.3) is 0 Å². The maximum absolute atomic E-state index is 13.4. The first kappa shape index (κ1) is 18.1. The van der Waals surface area contributed by atoms with Crippen LogP contribution in [0.5, 0.6) is 23.1 Å². The fraction of sp³-hybridized carbons (Fsp3) is 0.158. The second-order valence-electron chi connectivity index (χ2n) is 5.92. The SMILES string of the molecule is COc1cc(OC)c2c(c1)Oc1ncnc(Nc3ccc(F)c(Cl)c3)c1NC2. The second kappa shape index (κ2) is 7.40. The Hall–Kier alpha value is -3.26. The summed E-state index contributed by atoms with van der Waals surface area (Å²) in [6, 6.07) is 7.87. The topological polar surface area (TPSA) is 77.5 Å². The van der Waals surface area contributed by atoms with Gasteiger partial charge in [-0.2, -0.15) is 4.98 Å². The van der Waals surface area contributed by atoms with Crippen LogP contribution < -0.4 is 24.8 Å². The second-order valence-corrected chi connectivity index (χ2v) is 6.33. The van der Waals surface area contributed by atoms with Crippen LogP contribution in [0.25, 0.3) is 0 Å². The Morgan fingerprint density at radius 2 is 2.04 bits per heavy atom. The van der Waals surface area contributed by atoms with Crippen molar-refractivity contribution in [2.45, 2.75) is 6.54 Å². The maximum atomic E-state index is 13.4. The molecule has 0 atom stereocenters. The lowest BCUT2D eigenvalue weighted by Crippen LogP contribution is -2.04. The zero-order chi connectivity index (χ0) is 19.7. The Balaban J connectivity index is 1.71. The summed E-state index contributed by atoms with van der Waals surface area (Å²) in [6.45, 7) is 0.418. The molecule has 7 nitrogen and oxygen atoms in total. The number of rotatable bonds is 4. The minimum atomic E-state index is -0.494. The lowest BCUT2D eigenvalue weighted by atomic mass is 10.1. The largest absolute Gasteiger partial charge is 0.496 e. The van der Waals surface area contributed by atoms with Crippen molar-refractivity contribution < 1.29 is 18.6 Å². The smallest absolute Gasteiger partial charge is 0.248 e. The van der Waals surface area contributed by atoms with Crippen LogP contribution in [0.15, 0.2) is 36.7 Å². The normalized spacial score (nSPS) is 12.0. The molecule has 2 aromatic carbocycles. The van der Waals surface area contributed by atoms with Gasteiger partial charge in [-0.25, -0.2) is 9.37 Å². The average molecular weight is 403 g/mol. The van der Waals surface area contributed by atoms with Gasteiger partial charge in [-0.3, -0.25) is 0 Å². The van der Waals surface area contributed by atoms with Crippen LogP contribution in [0.1, 0.15) is 5.56 Å². The third-order valence-electron chi connectivity index (χ3n) is 4.24. The van der Waals surface area contributed by atoms with E-state index in [1.807, 2.05) is 0 Å². The number of nitrogens with zero attached hydrogens (tertiary/aromatic N) is 2. The highest BCUT2D eigenvalue weighted by Gasteiger charge is 2.23. The highest BCUT2D eigenvalue weighted by molar-refractivity contribution is 6.31. The van der Waals surface area contributed by atoms with Crippen LogP contribution in [-0.4, -0.2) is 24.2 Å². The predicted molar refractivity (Wildman–Crippen MR) is 104 cm³/mol. The molecule has 0 fully saturated rings. The molecule has 9 heteroatoms. The fourth-order valence-electron chi connectivity index (χ4n) is 2.85. The van der Waals surface area contributed by atoms with E-state index >= 15 is 0 Å². The van der Waals surface area contributed by atoms with E-state index in [2.05, 4.69) is 20.6 Å². The fourth-order valence-corrected chi connectivity index (χ4v) is 3.03. The van der Waals surface area contributed by atoms with Gasteiger partial charge in [-0.05, 0) is 18.2 Å². The van der Waals surface area contributed by atoms with Gasteiger partial charge in [0.1, 0.15) is 35.1 Å². The molecule has 0 spiro atoms. The highest BCUT2D eigenvalue weighted by atomic mass is 35.5. The monoisotopic (exact) mass is 402 g/mol. The molecule has 0 unspecified atom stereocenters. The summed E-state index contributed by atoms with van der Waals surface area (Å²) in [6.07, 6.45) is 1.37. The van der Waals surface area contributed by atoms with Crippen molar-refractivity contribution in [1.82, 2.24) is 9.97 Å². The van der Waals surface area contributed by atoms with Gasteiger partial charge in [-0.1, -0.05) is 11.6 Å². The third-order valence-corrected chi connectivity index (χ3v) is 4.53. The zero-order valence-corrected chi connectivity index (χ0v) is 15.8. The number of aromatic nitrogens is 2. The predicted octanol–water partition coefficient (Wildman–Crippen LogP) is 4.75. The van der Waals surface area contributed by atoms with Crippen LogP contribution in [0, 0.1) is 5.82 Å². The van der Waals surface area contributed by atoms with Gasteiger partial charge in [0.05, 0.1) is 24.8 Å². The van der Waals surface area contributed by atoms with Gasteiger partial charge >= 0.3 is 0 Å². The van der Waals surface area contributed by atoms with Crippen molar-refractivity contribution in [1.29, 1.82) is 0 Å². The number of fused-ring (bicyclic) bond motifs is 2. The summed E-state index contributed by atoms with van der Waals surface area (Å²) in [5, 5.41) is 6.39. The van der Waals surface area contributed by atoms with Gasteiger partial charge < -0.3 is 24.8 Å². The van der Waals surface area contributed by atoms with Crippen molar-refractivity contribution in [3.63, 3.8) is 0 Å². The lowest BCUT2D eigenvalue weighted by molar-refractivity contribution is 0.382. The molecule has 3 aromatic rings. The van der Waals surface area contributed by atoms with Gasteiger partial charge in [0.2, 0.25) is 5.88 Å². The Kier molecular flexibility index (Phi) is 4.79. The molecular formula is C19H16ClFN4O3. The molecule has 2 heterocycles. The highest BCUT2D eigenvalue weighted by Crippen LogP contribution is 2.43. The summed E-state index contributed by atoms with van der Waals surface area (Å²) in [5.41, 5.74) is 1.95. The first-order valence-electron chi connectivity index (χ1n) is 8.32. The Bertz CT molecular complexity index is 1050. The molecule has 0 saturated carbocycles. The quantitative estimate of drug-likeness (QED) is 0.652. The molecular weight excluding hydrogens is 387 g/mol. The number of methoxy groups -OCH3 is 2. The molecule has 0 bridgehead atoms. The van der Waals surface area contributed by atoms with Crippen molar-refractivity contribution in [2.75, 3.05) is 24.9 Å². The minimum Gasteiger partial charge on any atom is -0.496 e. The van der Waals surface area contributed by atoms with E-state index in [0.717, 1.165) is 5.56 Å². The van der Waals surface area contributed by atoms with Crippen LogP contribution in [0.2, 0.25) is 5.02 Å². The van der Waals surface area contributed by atoms with Crippen LogP contribution in [-0.2, 0) is 6.54 Å². The van der Waals surface area contributed by atoms with E-state index in [1.54, 1.807) is 32.4 Å². The Morgan fingerprint density at radius 3 is 2.79 bits per heavy atom. The molecule has 2 N–H and O–H groups in total. The zero-order valence-electron chi connectivity index (χ0n) is 15.0. The number of hydrogen-bond donors (Lipinski definition) is 2. The Morgan fingerprint density at radius 1 is 1.18 bits per heavy atom. The van der Waals surface area contributed by atoms with Crippen molar-refractivity contribution in [3.8, 4) is 23.1 Å². The molecule has 4 rings (SSSR count). The number of halogens is 2.